The second-order valence-corrected chi connectivity index (χ2v) is 9.12. The Morgan fingerprint density at radius 3 is 2.69 bits per heavy atom. The van der Waals surface area contributed by atoms with Gasteiger partial charge in [0.2, 0.25) is 5.91 Å². The van der Waals surface area contributed by atoms with Crippen LogP contribution in [0.15, 0.2) is 40.9 Å². The zero-order chi connectivity index (χ0) is 21.0. The average Bonchev–Trinajstić information content (AvgIpc) is 3.33. The fraction of sp³-hybridized carbons (Fsp3) is 0.381. The highest BCUT2D eigenvalue weighted by Gasteiger charge is 2.19. The summed E-state index contributed by atoms with van der Waals surface area (Å²) < 4.78 is 7.28. The summed E-state index contributed by atoms with van der Waals surface area (Å²) in [6, 6.07) is 9.68. The van der Waals surface area contributed by atoms with E-state index in [4.69, 9.17) is 4.74 Å². The van der Waals surface area contributed by atoms with Crippen LogP contribution in [-0.2, 0) is 4.79 Å². The minimum absolute atomic E-state index is 0.0965. The molecule has 0 atom stereocenters. The third-order valence-corrected chi connectivity index (χ3v) is 6.49. The molecule has 1 N–H and O–H groups in total. The summed E-state index contributed by atoms with van der Waals surface area (Å²) in [5, 5.41) is 14.5. The molecular weight excluding hydrogens is 404 g/mol. The maximum atomic E-state index is 12.4. The second kappa shape index (κ2) is 9.45. The fourth-order valence-corrected chi connectivity index (χ4v) is 4.61. The molecule has 0 bridgehead atoms. The Bertz CT molecular complexity index is 979. The summed E-state index contributed by atoms with van der Waals surface area (Å²) in [7, 11) is 1.60. The molecule has 1 aromatic carbocycles. The number of carbonyl (C=O) groups excluding carboxylic acids is 1. The first-order valence-electron chi connectivity index (χ1n) is 9.49. The van der Waals surface area contributed by atoms with E-state index in [1.807, 2.05) is 18.2 Å². The molecule has 0 radical (unpaired) electrons. The van der Waals surface area contributed by atoms with Crippen molar-refractivity contribution in [3.63, 3.8) is 0 Å². The van der Waals surface area contributed by atoms with E-state index in [1.165, 1.54) is 16.6 Å². The Balaban J connectivity index is 1.72. The summed E-state index contributed by atoms with van der Waals surface area (Å²) >= 11 is 3.13. The van der Waals surface area contributed by atoms with Gasteiger partial charge in [-0.3, -0.25) is 9.36 Å². The van der Waals surface area contributed by atoms with Crippen LogP contribution >= 0.6 is 23.1 Å². The maximum absolute atomic E-state index is 12.4. The first-order chi connectivity index (χ1) is 13.9. The molecule has 0 saturated carbocycles. The second-order valence-electron chi connectivity index (χ2n) is 7.23. The van der Waals surface area contributed by atoms with Crippen molar-refractivity contribution in [2.75, 3.05) is 18.2 Å². The van der Waals surface area contributed by atoms with E-state index in [0.29, 0.717) is 17.4 Å². The molecular formula is C21H26N4O2S2. The van der Waals surface area contributed by atoms with Crippen LogP contribution in [0.3, 0.4) is 0 Å². The lowest BCUT2D eigenvalue weighted by molar-refractivity contribution is -0.113. The number of thiophene rings is 1. The summed E-state index contributed by atoms with van der Waals surface area (Å²) in [6.07, 6.45) is 0. The molecule has 8 heteroatoms. The van der Waals surface area contributed by atoms with Gasteiger partial charge in [-0.1, -0.05) is 31.7 Å². The van der Waals surface area contributed by atoms with Gasteiger partial charge in [0.1, 0.15) is 5.75 Å². The monoisotopic (exact) mass is 430 g/mol. The van der Waals surface area contributed by atoms with Crippen molar-refractivity contribution >= 4 is 34.7 Å². The molecule has 3 aromatic rings. The molecule has 2 heterocycles. The van der Waals surface area contributed by atoms with Gasteiger partial charge in [0.25, 0.3) is 0 Å². The third kappa shape index (κ3) is 5.19. The van der Waals surface area contributed by atoms with Crippen LogP contribution in [0.2, 0.25) is 0 Å². The summed E-state index contributed by atoms with van der Waals surface area (Å²) in [5.74, 6) is 2.19. The summed E-state index contributed by atoms with van der Waals surface area (Å²) in [6.45, 7) is 8.57. The van der Waals surface area contributed by atoms with E-state index in [1.54, 1.807) is 24.5 Å². The highest BCUT2D eigenvalue weighted by Crippen LogP contribution is 2.32. The Morgan fingerprint density at radius 2 is 2.03 bits per heavy atom. The smallest absolute Gasteiger partial charge is 0.234 e. The molecule has 0 fully saturated rings. The van der Waals surface area contributed by atoms with E-state index in [9.17, 15) is 4.79 Å². The Labute approximate surface area is 179 Å². The number of anilines is 1. The standard InChI is InChI=1S/C21H26N4O2S2/c1-13(2)18-9-15(11-28-18)20-23-24-21(25(20)14(3)4)29-12-19(26)22-16-7-6-8-17(10-16)27-5/h6-11,13-14H,12H2,1-5H3,(H,22,26). The van der Waals surface area contributed by atoms with Gasteiger partial charge in [-0.05, 0) is 38.0 Å². The Hall–Kier alpha value is -2.32. The fourth-order valence-electron chi connectivity index (χ4n) is 2.84. The number of ether oxygens (including phenoxy) is 1. The van der Waals surface area contributed by atoms with Crippen molar-refractivity contribution < 1.29 is 9.53 Å². The number of aromatic nitrogens is 3. The van der Waals surface area contributed by atoms with Crippen molar-refractivity contribution in [1.82, 2.24) is 14.8 Å². The normalized spacial score (nSPS) is 11.3. The van der Waals surface area contributed by atoms with Gasteiger partial charge >= 0.3 is 0 Å². The van der Waals surface area contributed by atoms with Crippen LogP contribution in [0.5, 0.6) is 5.75 Å². The van der Waals surface area contributed by atoms with Crippen molar-refractivity contribution in [3.8, 4) is 17.1 Å². The van der Waals surface area contributed by atoms with E-state index < -0.39 is 0 Å². The molecule has 154 valence electrons. The number of hydrogen-bond donors (Lipinski definition) is 1. The predicted molar refractivity (Wildman–Crippen MR) is 120 cm³/mol. The molecule has 0 aliphatic rings. The number of rotatable bonds is 8. The highest BCUT2D eigenvalue weighted by atomic mass is 32.2. The van der Waals surface area contributed by atoms with Crippen LogP contribution in [0.25, 0.3) is 11.4 Å². The number of thioether (sulfide) groups is 1. The highest BCUT2D eigenvalue weighted by molar-refractivity contribution is 7.99. The van der Waals surface area contributed by atoms with Gasteiger partial charge < -0.3 is 10.1 Å². The number of amides is 1. The SMILES string of the molecule is COc1cccc(NC(=O)CSc2nnc(-c3csc(C(C)C)c3)n2C(C)C)c1. The van der Waals surface area contributed by atoms with Crippen LogP contribution in [-0.4, -0.2) is 33.5 Å². The lowest BCUT2D eigenvalue weighted by atomic mass is 10.1. The first kappa shape index (κ1) is 21.4. The molecule has 1 amide bonds. The molecule has 29 heavy (non-hydrogen) atoms. The number of nitrogens with one attached hydrogen (secondary N) is 1. The van der Waals surface area contributed by atoms with Crippen molar-refractivity contribution in [1.29, 1.82) is 0 Å². The quantitative estimate of drug-likeness (QED) is 0.481. The van der Waals surface area contributed by atoms with Gasteiger partial charge in [-0.25, -0.2) is 0 Å². The minimum Gasteiger partial charge on any atom is -0.497 e. The van der Waals surface area contributed by atoms with Crippen LogP contribution < -0.4 is 10.1 Å². The number of hydrogen-bond acceptors (Lipinski definition) is 6. The van der Waals surface area contributed by atoms with E-state index >= 15 is 0 Å². The molecule has 0 spiro atoms. The van der Waals surface area contributed by atoms with Crippen molar-refractivity contribution in [3.05, 3.63) is 40.6 Å². The first-order valence-corrected chi connectivity index (χ1v) is 11.4. The molecule has 6 nitrogen and oxygen atoms in total. The number of methoxy groups -OCH3 is 1. The minimum atomic E-state index is -0.0965. The molecule has 0 aliphatic carbocycles. The van der Waals surface area contributed by atoms with Crippen LogP contribution in [0, 0.1) is 0 Å². The Kier molecular flexibility index (Phi) is 6.97. The maximum Gasteiger partial charge on any atom is 0.234 e. The molecule has 3 rings (SSSR count). The number of nitrogens with zero attached hydrogens (tertiary/aromatic N) is 3. The van der Waals surface area contributed by atoms with Crippen molar-refractivity contribution in [2.45, 2.75) is 44.8 Å². The Morgan fingerprint density at radius 1 is 1.24 bits per heavy atom. The average molecular weight is 431 g/mol. The van der Waals surface area contributed by atoms with Gasteiger partial charge in [0.05, 0.1) is 12.9 Å². The third-order valence-electron chi connectivity index (χ3n) is 4.31. The molecule has 0 aliphatic heterocycles. The van der Waals surface area contributed by atoms with E-state index in [0.717, 1.165) is 16.5 Å². The van der Waals surface area contributed by atoms with Gasteiger partial charge in [-0.2, -0.15) is 0 Å². The van der Waals surface area contributed by atoms with Gasteiger partial charge in [0, 0.05) is 33.6 Å². The zero-order valence-electron chi connectivity index (χ0n) is 17.3. The summed E-state index contributed by atoms with van der Waals surface area (Å²) in [4.78, 5) is 13.7. The molecule has 2 aromatic heterocycles. The summed E-state index contributed by atoms with van der Waals surface area (Å²) in [5.41, 5.74) is 1.79. The van der Waals surface area contributed by atoms with E-state index in [2.05, 4.69) is 59.2 Å². The lowest BCUT2D eigenvalue weighted by Gasteiger charge is -2.13. The number of benzene rings is 1. The predicted octanol–water partition coefficient (Wildman–Crippen LogP) is 5.45. The van der Waals surface area contributed by atoms with Crippen LogP contribution in [0.4, 0.5) is 5.69 Å². The molecule has 0 unspecified atom stereocenters. The molecule has 0 saturated heterocycles. The van der Waals surface area contributed by atoms with E-state index in [-0.39, 0.29) is 17.7 Å². The largest absolute Gasteiger partial charge is 0.497 e. The zero-order valence-corrected chi connectivity index (χ0v) is 18.9. The van der Waals surface area contributed by atoms with Gasteiger partial charge in [-0.15, -0.1) is 21.5 Å². The lowest BCUT2D eigenvalue weighted by Crippen LogP contribution is -2.15. The van der Waals surface area contributed by atoms with Crippen LogP contribution in [0.1, 0.15) is 44.5 Å². The number of carbonyl (C=O) groups is 1. The van der Waals surface area contributed by atoms with Crippen molar-refractivity contribution in [2.24, 2.45) is 0 Å². The topological polar surface area (TPSA) is 69.0 Å². The van der Waals surface area contributed by atoms with Gasteiger partial charge in [0.15, 0.2) is 11.0 Å².